The minimum atomic E-state index is 0.261. The van der Waals surface area contributed by atoms with Gasteiger partial charge in [0.15, 0.2) is 5.82 Å². The lowest BCUT2D eigenvalue weighted by Crippen LogP contribution is -2.38. The first kappa shape index (κ1) is 15.8. The van der Waals surface area contributed by atoms with Crippen LogP contribution in [0, 0.1) is 5.92 Å². The Labute approximate surface area is 136 Å². The Bertz CT molecular complexity index is 492. The molecule has 122 valence electrons. The van der Waals surface area contributed by atoms with E-state index in [1.54, 1.807) is 11.8 Å². The number of thioether (sulfide) groups is 1. The number of aromatic nitrogens is 4. The average molecular weight is 323 g/mol. The maximum atomic E-state index is 12.2. The number of carbonyl (C=O) groups is 1. The van der Waals surface area contributed by atoms with Crippen LogP contribution < -0.4 is 0 Å². The van der Waals surface area contributed by atoms with E-state index in [1.165, 1.54) is 25.7 Å². The molecule has 0 aromatic carbocycles. The molecule has 0 bridgehead atoms. The molecule has 22 heavy (non-hydrogen) atoms. The van der Waals surface area contributed by atoms with Gasteiger partial charge >= 0.3 is 0 Å². The van der Waals surface area contributed by atoms with Crippen LogP contribution in [0.15, 0.2) is 0 Å². The first-order chi connectivity index (χ1) is 10.7. The van der Waals surface area contributed by atoms with E-state index in [1.807, 2.05) is 9.58 Å². The van der Waals surface area contributed by atoms with Crippen molar-refractivity contribution in [1.82, 2.24) is 25.1 Å². The molecule has 0 unspecified atom stereocenters. The minimum absolute atomic E-state index is 0.261. The third-order valence-corrected chi connectivity index (χ3v) is 5.74. The van der Waals surface area contributed by atoms with Gasteiger partial charge in [0.05, 0.1) is 17.5 Å². The summed E-state index contributed by atoms with van der Waals surface area (Å²) in [5, 5.41) is 12.1. The highest BCUT2D eigenvalue weighted by Crippen LogP contribution is 2.29. The lowest BCUT2D eigenvalue weighted by molar-refractivity contribution is -0.129. The molecule has 2 aliphatic rings. The number of tetrazole rings is 1. The van der Waals surface area contributed by atoms with Gasteiger partial charge in [-0.15, -0.1) is 16.9 Å². The molecule has 0 spiro atoms. The van der Waals surface area contributed by atoms with E-state index in [2.05, 4.69) is 22.4 Å². The van der Waals surface area contributed by atoms with Crippen molar-refractivity contribution in [3.05, 3.63) is 5.82 Å². The molecule has 1 aromatic rings. The molecule has 1 saturated carbocycles. The molecule has 1 saturated heterocycles. The summed E-state index contributed by atoms with van der Waals surface area (Å²) in [5.41, 5.74) is 0. The Morgan fingerprint density at radius 3 is 2.68 bits per heavy atom. The zero-order valence-electron chi connectivity index (χ0n) is 13.3. The summed E-state index contributed by atoms with van der Waals surface area (Å²) in [6.45, 7) is 4.10. The van der Waals surface area contributed by atoms with E-state index in [0.29, 0.717) is 11.8 Å². The molecule has 1 aliphatic heterocycles. The first-order valence-electron chi connectivity index (χ1n) is 8.36. The van der Waals surface area contributed by atoms with Crippen LogP contribution >= 0.6 is 11.8 Å². The Hall–Kier alpha value is -1.11. The second-order valence-electron chi connectivity index (χ2n) is 6.53. The first-order valence-corrected chi connectivity index (χ1v) is 9.52. The second-order valence-corrected chi connectivity index (χ2v) is 7.52. The number of hydrogen-bond donors (Lipinski definition) is 0. The van der Waals surface area contributed by atoms with Gasteiger partial charge in [-0.3, -0.25) is 4.79 Å². The fourth-order valence-corrected chi connectivity index (χ4v) is 4.15. The molecule has 2 heterocycles. The molecule has 1 amide bonds. The fourth-order valence-electron chi connectivity index (χ4n) is 3.32. The van der Waals surface area contributed by atoms with Gasteiger partial charge in [-0.25, -0.2) is 4.68 Å². The van der Waals surface area contributed by atoms with E-state index in [4.69, 9.17) is 0 Å². The van der Waals surface area contributed by atoms with E-state index < -0.39 is 0 Å². The van der Waals surface area contributed by atoms with Gasteiger partial charge in [-0.05, 0) is 42.0 Å². The van der Waals surface area contributed by atoms with Gasteiger partial charge < -0.3 is 4.90 Å². The van der Waals surface area contributed by atoms with Crippen LogP contribution in [0.25, 0.3) is 0 Å². The summed E-state index contributed by atoms with van der Waals surface area (Å²) in [5.74, 6) is 3.19. The quantitative estimate of drug-likeness (QED) is 0.832. The zero-order chi connectivity index (χ0) is 15.4. The number of amides is 1. The van der Waals surface area contributed by atoms with Gasteiger partial charge in [0.25, 0.3) is 0 Å². The largest absolute Gasteiger partial charge is 0.342 e. The molecule has 3 rings (SSSR count). The fraction of sp³-hybridized carbons (Fsp3) is 0.867. The molecule has 1 aromatic heterocycles. The van der Waals surface area contributed by atoms with Crippen LogP contribution in [-0.4, -0.2) is 49.9 Å². The van der Waals surface area contributed by atoms with E-state index in [0.717, 1.165) is 43.4 Å². The predicted octanol–water partition coefficient (Wildman–Crippen LogP) is 2.28. The standard InChI is InChI=1S/C15H25N5OS/c1-12-6-8-19(9-7-12)15(21)11-22-10-14-16-17-18-20(14)13-4-2-3-5-13/h12-13H,2-11H2,1H3. The third-order valence-electron chi connectivity index (χ3n) is 4.82. The van der Waals surface area contributed by atoms with Crippen LogP contribution in [0.5, 0.6) is 0 Å². The lowest BCUT2D eigenvalue weighted by atomic mass is 9.99. The number of rotatable bonds is 5. The van der Waals surface area contributed by atoms with Gasteiger partial charge in [0.2, 0.25) is 5.91 Å². The van der Waals surface area contributed by atoms with Crippen molar-refractivity contribution in [3.63, 3.8) is 0 Å². The molecule has 0 atom stereocenters. The molecule has 2 fully saturated rings. The van der Waals surface area contributed by atoms with Crippen LogP contribution in [0.2, 0.25) is 0 Å². The molecule has 6 nitrogen and oxygen atoms in total. The Balaban J connectivity index is 1.45. The van der Waals surface area contributed by atoms with Crippen molar-refractivity contribution >= 4 is 17.7 Å². The van der Waals surface area contributed by atoms with E-state index >= 15 is 0 Å². The summed E-state index contributed by atoms with van der Waals surface area (Å²) >= 11 is 1.63. The lowest BCUT2D eigenvalue weighted by Gasteiger charge is -2.30. The van der Waals surface area contributed by atoms with Crippen LogP contribution in [0.4, 0.5) is 0 Å². The number of piperidine rings is 1. The second kappa shape index (κ2) is 7.44. The highest BCUT2D eigenvalue weighted by Gasteiger charge is 2.22. The van der Waals surface area contributed by atoms with Gasteiger partial charge in [-0.2, -0.15) is 0 Å². The average Bonchev–Trinajstić information content (AvgIpc) is 3.18. The highest BCUT2D eigenvalue weighted by molar-refractivity contribution is 7.99. The summed E-state index contributed by atoms with van der Waals surface area (Å²) in [6, 6.07) is 0.463. The summed E-state index contributed by atoms with van der Waals surface area (Å²) in [7, 11) is 0. The Morgan fingerprint density at radius 1 is 1.23 bits per heavy atom. The predicted molar refractivity (Wildman–Crippen MR) is 86.5 cm³/mol. The summed E-state index contributed by atoms with van der Waals surface area (Å²) < 4.78 is 1.98. The molecular weight excluding hydrogens is 298 g/mol. The van der Waals surface area contributed by atoms with E-state index in [9.17, 15) is 4.79 Å². The van der Waals surface area contributed by atoms with Crippen molar-refractivity contribution in [2.75, 3.05) is 18.8 Å². The SMILES string of the molecule is CC1CCN(C(=O)CSCc2nnnn2C2CCCC2)CC1. The van der Waals surface area contributed by atoms with Crippen LogP contribution in [0.3, 0.4) is 0 Å². The third kappa shape index (κ3) is 3.80. The van der Waals surface area contributed by atoms with Crippen molar-refractivity contribution in [1.29, 1.82) is 0 Å². The molecule has 0 radical (unpaired) electrons. The van der Waals surface area contributed by atoms with Gasteiger partial charge in [0.1, 0.15) is 0 Å². The Kier molecular flexibility index (Phi) is 5.33. The number of nitrogens with zero attached hydrogens (tertiary/aromatic N) is 5. The summed E-state index contributed by atoms with van der Waals surface area (Å²) in [4.78, 5) is 14.2. The highest BCUT2D eigenvalue weighted by atomic mass is 32.2. The maximum Gasteiger partial charge on any atom is 0.232 e. The van der Waals surface area contributed by atoms with Crippen molar-refractivity contribution < 1.29 is 4.79 Å². The smallest absolute Gasteiger partial charge is 0.232 e. The normalized spacial score (nSPS) is 20.7. The van der Waals surface area contributed by atoms with E-state index in [-0.39, 0.29) is 5.91 Å². The molecule has 1 aliphatic carbocycles. The molecule has 7 heteroatoms. The van der Waals surface area contributed by atoms with Crippen LogP contribution in [-0.2, 0) is 10.5 Å². The Morgan fingerprint density at radius 2 is 1.95 bits per heavy atom. The number of hydrogen-bond acceptors (Lipinski definition) is 5. The molecule has 0 N–H and O–H groups in total. The minimum Gasteiger partial charge on any atom is -0.342 e. The summed E-state index contributed by atoms with van der Waals surface area (Å²) in [6.07, 6.45) is 7.15. The number of carbonyl (C=O) groups excluding carboxylic acids is 1. The number of likely N-dealkylation sites (tertiary alicyclic amines) is 1. The van der Waals surface area contributed by atoms with Gasteiger partial charge in [-0.1, -0.05) is 19.8 Å². The van der Waals surface area contributed by atoms with Crippen molar-refractivity contribution in [2.24, 2.45) is 5.92 Å². The van der Waals surface area contributed by atoms with Crippen molar-refractivity contribution in [2.45, 2.75) is 57.2 Å². The zero-order valence-corrected chi connectivity index (χ0v) is 14.1. The molecular formula is C15H25N5OS. The van der Waals surface area contributed by atoms with Crippen LogP contribution in [0.1, 0.15) is 57.3 Å². The monoisotopic (exact) mass is 323 g/mol. The van der Waals surface area contributed by atoms with Gasteiger partial charge in [0, 0.05) is 13.1 Å². The topological polar surface area (TPSA) is 63.9 Å². The maximum absolute atomic E-state index is 12.2. The van der Waals surface area contributed by atoms with Crippen molar-refractivity contribution in [3.8, 4) is 0 Å².